The number of unbranched alkanes of at least 4 members (excludes halogenated alkanes) is 1. The summed E-state index contributed by atoms with van der Waals surface area (Å²) in [6.07, 6.45) is 7.98. The number of methoxy groups -OCH3 is 1. The highest BCUT2D eigenvalue weighted by Gasteiger charge is 2.33. The Kier molecular flexibility index (Phi) is 7.16. The number of aromatic nitrogens is 4. The van der Waals surface area contributed by atoms with Crippen molar-refractivity contribution in [2.24, 2.45) is 5.73 Å². The number of aryl methyl sites for hydroxylation is 1. The van der Waals surface area contributed by atoms with Crippen LogP contribution in [0.2, 0.25) is 0 Å². The van der Waals surface area contributed by atoms with E-state index in [2.05, 4.69) is 15.0 Å². The number of hydrogen-bond acceptors (Lipinski definition) is 7. The first kappa shape index (κ1) is 23.7. The second kappa shape index (κ2) is 10.3. The van der Waals surface area contributed by atoms with E-state index < -0.39 is 17.0 Å². The number of allylic oxidation sites excluding steroid dienone is 1. The van der Waals surface area contributed by atoms with Crippen molar-refractivity contribution in [3.05, 3.63) is 64.7 Å². The van der Waals surface area contributed by atoms with Crippen molar-refractivity contribution in [3.8, 4) is 0 Å². The molecule has 9 nitrogen and oxygen atoms in total. The molecule has 10 heteroatoms. The summed E-state index contributed by atoms with van der Waals surface area (Å²) in [5.74, 6) is 0.371. The summed E-state index contributed by atoms with van der Waals surface area (Å²) in [4.78, 5) is 12.2. The van der Waals surface area contributed by atoms with Gasteiger partial charge in [-0.25, -0.2) is 13.0 Å². The lowest BCUT2D eigenvalue weighted by molar-refractivity contribution is 0.0594. The standard InChI is InChI=1S/C24H30N6O3S/c1-16-20(14-18(25)8-6-7-13-29-15-21(27-28-29)24(31)33-2)23(26)30(22(16)17-11-12-17)34(32)19-9-4-3-5-10-19/h3-5,9-10,14-15,17H,6-8,11-13,25-26H2,1-2H3/b18-14-. The largest absolute Gasteiger partial charge is 0.464 e. The molecule has 0 saturated heterocycles. The van der Waals surface area contributed by atoms with Gasteiger partial charge in [0.05, 0.1) is 18.2 Å². The number of carbonyl (C=O) groups excluding carboxylic acids is 1. The van der Waals surface area contributed by atoms with Crippen LogP contribution in [0.5, 0.6) is 0 Å². The van der Waals surface area contributed by atoms with Crippen molar-refractivity contribution >= 4 is 28.8 Å². The van der Waals surface area contributed by atoms with E-state index in [0.717, 1.165) is 47.4 Å². The normalized spacial score (nSPS) is 14.8. The number of nitrogens with two attached hydrogens (primary N) is 2. The SMILES string of the molecule is COC(=O)c1cn(CCCC/C(N)=C/c2c(C)c(C3CC3)n(S(=O)c3ccccc3)c2N)nn1. The maximum atomic E-state index is 13.4. The van der Waals surface area contributed by atoms with Gasteiger partial charge in [-0.3, -0.25) is 4.68 Å². The molecule has 1 aliphatic rings. The summed E-state index contributed by atoms with van der Waals surface area (Å²) in [6, 6.07) is 9.38. The fourth-order valence-electron chi connectivity index (χ4n) is 4.02. The van der Waals surface area contributed by atoms with Gasteiger partial charge in [0.25, 0.3) is 0 Å². The molecule has 1 unspecified atom stereocenters. The maximum absolute atomic E-state index is 13.4. The van der Waals surface area contributed by atoms with Crippen molar-refractivity contribution in [2.45, 2.75) is 56.4 Å². The average Bonchev–Trinajstić information content (AvgIpc) is 3.52. The minimum absolute atomic E-state index is 0.191. The van der Waals surface area contributed by atoms with Gasteiger partial charge in [0, 0.05) is 29.4 Å². The number of anilines is 1. The van der Waals surface area contributed by atoms with E-state index in [9.17, 15) is 9.00 Å². The van der Waals surface area contributed by atoms with Crippen molar-refractivity contribution < 1.29 is 13.7 Å². The minimum Gasteiger partial charge on any atom is -0.464 e. The maximum Gasteiger partial charge on any atom is 0.360 e. The Balaban J connectivity index is 1.45. The Morgan fingerprint density at radius 2 is 2.00 bits per heavy atom. The second-order valence-corrected chi connectivity index (χ2v) is 9.81. The van der Waals surface area contributed by atoms with E-state index in [1.165, 1.54) is 7.11 Å². The molecule has 1 fully saturated rings. The highest BCUT2D eigenvalue weighted by molar-refractivity contribution is 7.83. The van der Waals surface area contributed by atoms with Crippen LogP contribution in [0.25, 0.3) is 6.08 Å². The van der Waals surface area contributed by atoms with E-state index >= 15 is 0 Å². The average molecular weight is 483 g/mol. The summed E-state index contributed by atoms with van der Waals surface area (Å²) in [5, 5.41) is 7.74. The molecule has 1 aliphatic carbocycles. The number of hydrogen-bond donors (Lipinski definition) is 2. The first-order chi connectivity index (χ1) is 16.4. The molecule has 1 aromatic carbocycles. The zero-order valence-corrected chi connectivity index (χ0v) is 20.3. The lowest BCUT2D eigenvalue weighted by Gasteiger charge is -2.10. The van der Waals surface area contributed by atoms with Crippen LogP contribution in [-0.2, 0) is 22.3 Å². The van der Waals surface area contributed by atoms with Crippen LogP contribution in [0.4, 0.5) is 5.82 Å². The molecule has 0 aliphatic heterocycles. The van der Waals surface area contributed by atoms with Crippen molar-refractivity contribution in [1.82, 2.24) is 19.0 Å². The first-order valence-electron chi connectivity index (χ1n) is 11.3. The van der Waals surface area contributed by atoms with Gasteiger partial charge in [-0.15, -0.1) is 5.10 Å². The molecule has 2 heterocycles. The molecular formula is C24H30N6O3S. The van der Waals surface area contributed by atoms with Crippen LogP contribution in [0, 0.1) is 6.92 Å². The van der Waals surface area contributed by atoms with E-state index in [4.69, 9.17) is 11.5 Å². The van der Waals surface area contributed by atoms with E-state index in [1.807, 2.05) is 43.3 Å². The van der Waals surface area contributed by atoms with Crippen LogP contribution < -0.4 is 11.5 Å². The number of nitrogen functional groups attached to an aromatic ring is 1. The monoisotopic (exact) mass is 482 g/mol. The van der Waals surface area contributed by atoms with Gasteiger partial charge < -0.3 is 16.2 Å². The summed E-state index contributed by atoms with van der Waals surface area (Å²) >= 11 is 0. The number of carbonyl (C=O) groups is 1. The van der Waals surface area contributed by atoms with Crippen LogP contribution in [0.1, 0.15) is 65.3 Å². The highest BCUT2D eigenvalue weighted by atomic mass is 32.2. The number of benzene rings is 1. The number of rotatable bonds is 10. The third-order valence-electron chi connectivity index (χ3n) is 5.94. The molecule has 0 amide bonds. The molecule has 1 saturated carbocycles. The van der Waals surface area contributed by atoms with Crippen LogP contribution in [-0.4, -0.2) is 36.3 Å². The molecule has 4 rings (SSSR count). The van der Waals surface area contributed by atoms with Gasteiger partial charge in [-0.2, -0.15) is 0 Å². The minimum atomic E-state index is -1.41. The van der Waals surface area contributed by atoms with Crippen LogP contribution in [0.3, 0.4) is 0 Å². The number of nitrogens with zero attached hydrogens (tertiary/aromatic N) is 4. The third-order valence-corrected chi connectivity index (χ3v) is 7.34. The van der Waals surface area contributed by atoms with Gasteiger partial charge in [0.1, 0.15) is 5.82 Å². The van der Waals surface area contributed by atoms with Crippen molar-refractivity contribution in [1.29, 1.82) is 0 Å². The Labute approximate surface area is 201 Å². The molecular weight excluding hydrogens is 452 g/mol. The Morgan fingerprint density at radius 3 is 2.68 bits per heavy atom. The Morgan fingerprint density at radius 1 is 1.26 bits per heavy atom. The summed E-state index contributed by atoms with van der Waals surface area (Å²) < 4.78 is 21.4. The molecule has 34 heavy (non-hydrogen) atoms. The highest BCUT2D eigenvalue weighted by Crippen LogP contribution is 2.45. The van der Waals surface area contributed by atoms with E-state index in [0.29, 0.717) is 30.4 Å². The van der Waals surface area contributed by atoms with Gasteiger partial charge in [0.15, 0.2) is 16.7 Å². The predicted octanol–water partition coefficient (Wildman–Crippen LogP) is 3.38. The van der Waals surface area contributed by atoms with E-state index in [-0.39, 0.29) is 5.69 Å². The topological polar surface area (TPSA) is 131 Å². The zero-order valence-electron chi connectivity index (χ0n) is 19.4. The molecule has 1 atom stereocenters. The smallest absolute Gasteiger partial charge is 0.360 e. The molecule has 4 N–H and O–H groups in total. The molecule has 2 aromatic heterocycles. The van der Waals surface area contributed by atoms with Crippen LogP contribution in [0.15, 0.2) is 47.1 Å². The quantitative estimate of drug-likeness (QED) is 0.334. The second-order valence-electron chi connectivity index (χ2n) is 8.47. The van der Waals surface area contributed by atoms with Gasteiger partial charge in [-0.05, 0) is 62.8 Å². The zero-order chi connectivity index (χ0) is 24.2. The number of esters is 1. The van der Waals surface area contributed by atoms with Crippen molar-refractivity contribution in [3.63, 3.8) is 0 Å². The van der Waals surface area contributed by atoms with Gasteiger partial charge >= 0.3 is 5.97 Å². The number of ether oxygens (including phenoxy) is 1. The molecule has 180 valence electrons. The lowest BCUT2D eigenvalue weighted by atomic mass is 10.1. The summed E-state index contributed by atoms with van der Waals surface area (Å²) in [7, 11) is -0.100. The van der Waals surface area contributed by atoms with Gasteiger partial charge in [0.2, 0.25) is 0 Å². The fourth-order valence-corrected chi connectivity index (χ4v) is 5.36. The molecule has 0 bridgehead atoms. The molecule has 0 radical (unpaired) electrons. The van der Waals surface area contributed by atoms with Gasteiger partial charge in [-0.1, -0.05) is 23.4 Å². The summed E-state index contributed by atoms with van der Waals surface area (Å²) in [6.45, 7) is 2.65. The van der Waals surface area contributed by atoms with Crippen LogP contribution >= 0.6 is 0 Å². The fraction of sp³-hybridized carbons (Fsp3) is 0.375. The van der Waals surface area contributed by atoms with Crippen molar-refractivity contribution in [2.75, 3.05) is 12.8 Å². The third kappa shape index (κ3) is 5.06. The predicted molar refractivity (Wildman–Crippen MR) is 131 cm³/mol. The molecule has 3 aromatic rings. The van der Waals surface area contributed by atoms with E-state index in [1.54, 1.807) is 14.9 Å². The summed E-state index contributed by atoms with van der Waals surface area (Å²) in [5.41, 5.74) is 16.7. The molecule has 0 spiro atoms. The Bertz CT molecular complexity index is 1230. The lowest BCUT2D eigenvalue weighted by Crippen LogP contribution is -2.11. The first-order valence-corrected chi connectivity index (χ1v) is 12.4. The Hall–Kier alpha value is -3.40.